The Morgan fingerprint density at radius 2 is 1.67 bits per heavy atom. The fraction of sp³-hybridized carbons (Fsp3) is 0.0556. The highest BCUT2D eigenvalue weighted by Crippen LogP contribution is 2.12. The maximum absolute atomic E-state index is 12.4. The quantitative estimate of drug-likeness (QED) is 0.642. The van der Waals surface area contributed by atoms with Crippen LogP contribution in [-0.2, 0) is 17.1 Å². The van der Waals surface area contributed by atoms with Crippen LogP contribution in [0.15, 0.2) is 64.8 Å². The third-order valence-electron chi connectivity index (χ3n) is 3.72. The summed E-state index contributed by atoms with van der Waals surface area (Å²) in [5, 5.41) is 5.52. The first kappa shape index (κ1) is 18.5. The molecule has 0 aliphatic carbocycles. The molecule has 0 saturated carbocycles. The smallest absolute Gasteiger partial charge is 0.272 e. The van der Waals surface area contributed by atoms with E-state index in [-0.39, 0.29) is 11.3 Å². The van der Waals surface area contributed by atoms with Gasteiger partial charge < -0.3 is 0 Å². The first-order chi connectivity index (χ1) is 12.9. The Balaban J connectivity index is 1.80. The summed E-state index contributed by atoms with van der Waals surface area (Å²) >= 11 is 0. The minimum Gasteiger partial charge on any atom is -0.272 e. The van der Waals surface area contributed by atoms with E-state index < -0.39 is 15.9 Å². The minimum atomic E-state index is -3.91. The Hall–Kier alpha value is -3.30. The molecule has 0 bridgehead atoms. The average Bonchev–Trinajstić information content (AvgIpc) is 2.68. The van der Waals surface area contributed by atoms with Crippen molar-refractivity contribution in [2.75, 3.05) is 0 Å². The van der Waals surface area contributed by atoms with Crippen LogP contribution in [0, 0.1) is 0 Å². The number of carbonyl (C=O) groups is 1. The van der Waals surface area contributed by atoms with Crippen molar-refractivity contribution in [1.82, 2.24) is 20.0 Å². The first-order valence-electron chi connectivity index (χ1n) is 7.89. The van der Waals surface area contributed by atoms with Gasteiger partial charge in [0.05, 0.1) is 5.39 Å². The first-order valence-corrected chi connectivity index (χ1v) is 9.43. The second kappa shape index (κ2) is 7.52. The van der Waals surface area contributed by atoms with Crippen molar-refractivity contribution in [2.45, 2.75) is 0 Å². The number of nitrogens with zero attached hydrogens (tertiary/aromatic N) is 2. The summed E-state index contributed by atoms with van der Waals surface area (Å²) < 4.78 is 25.1. The lowest BCUT2D eigenvalue weighted by Crippen LogP contribution is -2.41. The van der Waals surface area contributed by atoms with Crippen LogP contribution in [0.25, 0.3) is 16.8 Å². The zero-order valence-electron chi connectivity index (χ0n) is 14.3. The number of amides is 1. The molecule has 2 aromatic carbocycles. The highest BCUT2D eigenvalue weighted by molar-refractivity contribution is 7.92. The molecule has 1 heterocycles. The van der Waals surface area contributed by atoms with Crippen LogP contribution in [0.4, 0.5) is 0 Å². The van der Waals surface area contributed by atoms with E-state index in [9.17, 15) is 18.0 Å². The van der Waals surface area contributed by atoms with Gasteiger partial charge in [-0.25, -0.2) is 13.1 Å². The van der Waals surface area contributed by atoms with Gasteiger partial charge in [0.25, 0.3) is 21.5 Å². The van der Waals surface area contributed by atoms with Crippen molar-refractivity contribution < 1.29 is 13.2 Å². The summed E-state index contributed by atoms with van der Waals surface area (Å²) in [5.74, 6) is -0.779. The van der Waals surface area contributed by atoms with Crippen LogP contribution in [0.1, 0.15) is 16.1 Å². The Kier molecular flexibility index (Phi) is 5.15. The van der Waals surface area contributed by atoms with E-state index in [2.05, 4.69) is 10.5 Å². The highest BCUT2D eigenvalue weighted by Gasteiger charge is 2.17. The molecule has 8 nitrogen and oxygen atoms in total. The van der Waals surface area contributed by atoms with Crippen LogP contribution < -0.4 is 15.8 Å². The molecule has 0 fully saturated rings. The van der Waals surface area contributed by atoms with E-state index in [1.54, 1.807) is 48.5 Å². The molecule has 9 heteroatoms. The van der Waals surface area contributed by atoms with Crippen LogP contribution >= 0.6 is 0 Å². The zero-order valence-corrected chi connectivity index (χ0v) is 15.1. The number of benzene rings is 2. The number of hydrogen-bond donors (Lipinski definition) is 2. The van der Waals surface area contributed by atoms with E-state index in [1.807, 2.05) is 10.9 Å². The average molecular weight is 384 g/mol. The van der Waals surface area contributed by atoms with Crippen molar-refractivity contribution in [3.05, 3.63) is 81.6 Å². The zero-order chi connectivity index (χ0) is 19.4. The van der Waals surface area contributed by atoms with E-state index in [4.69, 9.17) is 0 Å². The molecule has 0 spiro atoms. The molecule has 0 atom stereocenters. The number of sulfonamides is 1. The predicted octanol–water partition coefficient (Wildman–Crippen LogP) is 1.17. The molecule has 0 unspecified atom stereocenters. The Morgan fingerprint density at radius 1 is 1.04 bits per heavy atom. The summed E-state index contributed by atoms with van der Waals surface area (Å²) in [6.45, 7) is 0. The van der Waals surface area contributed by atoms with Gasteiger partial charge in [-0.05, 0) is 17.7 Å². The number of carbonyl (C=O) groups excluding carboxylic acids is 1. The van der Waals surface area contributed by atoms with Gasteiger partial charge in [-0.2, -0.15) is 5.10 Å². The molecule has 0 saturated heterocycles. The summed E-state index contributed by atoms with van der Waals surface area (Å²) in [6, 6.07) is 15.3. The van der Waals surface area contributed by atoms with Crippen LogP contribution in [0.2, 0.25) is 0 Å². The molecule has 27 heavy (non-hydrogen) atoms. The number of rotatable bonds is 5. The predicted molar refractivity (Wildman–Crippen MR) is 102 cm³/mol. The van der Waals surface area contributed by atoms with Crippen molar-refractivity contribution >= 4 is 32.8 Å². The summed E-state index contributed by atoms with van der Waals surface area (Å²) in [7, 11) is -2.50. The molecule has 1 aromatic heterocycles. The van der Waals surface area contributed by atoms with Gasteiger partial charge in [0.2, 0.25) is 0 Å². The minimum absolute atomic E-state index is 0.0672. The van der Waals surface area contributed by atoms with Crippen LogP contribution in [0.5, 0.6) is 0 Å². The van der Waals surface area contributed by atoms with Crippen molar-refractivity contribution in [3.8, 4) is 0 Å². The van der Waals surface area contributed by atoms with Gasteiger partial charge in [-0.1, -0.05) is 48.5 Å². The molecule has 1 amide bonds. The number of fused-ring (bicyclic) bond motifs is 1. The Bertz CT molecular complexity index is 1180. The van der Waals surface area contributed by atoms with Crippen molar-refractivity contribution in [2.24, 2.45) is 7.05 Å². The number of aromatic nitrogens is 2. The molecule has 0 aliphatic rings. The standard InChI is InChI=1S/C18H16N4O4S/c1-22-18(24)15-10-6-5-9-14(15)16(20-22)17(23)19-21-27(25,26)12-11-13-7-3-2-4-8-13/h2-12,21H,1H3,(H,19,23)/b12-11+. The topological polar surface area (TPSA) is 110 Å². The van der Waals surface area contributed by atoms with Crippen LogP contribution in [-0.4, -0.2) is 24.1 Å². The number of hydrazine groups is 1. The number of aryl methyl sites for hydroxylation is 1. The Labute approximate surface area is 155 Å². The SMILES string of the molecule is Cn1nc(C(=O)NNS(=O)(=O)/C=C/c2ccccc2)c2ccccc2c1=O. The lowest BCUT2D eigenvalue weighted by Gasteiger charge is -2.09. The maximum atomic E-state index is 12.4. The van der Waals surface area contributed by atoms with E-state index >= 15 is 0 Å². The lowest BCUT2D eigenvalue weighted by molar-refractivity contribution is 0.0940. The largest absolute Gasteiger partial charge is 0.287 e. The molecular weight excluding hydrogens is 368 g/mol. The van der Waals surface area contributed by atoms with Gasteiger partial charge in [0.1, 0.15) is 0 Å². The van der Waals surface area contributed by atoms with Gasteiger partial charge in [-0.15, -0.1) is 4.83 Å². The molecule has 3 rings (SSSR count). The number of hydrogen-bond acceptors (Lipinski definition) is 5. The summed E-state index contributed by atoms with van der Waals surface area (Å²) in [6.07, 6.45) is 1.40. The molecule has 3 aromatic rings. The fourth-order valence-electron chi connectivity index (χ4n) is 2.41. The van der Waals surface area contributed by atoms with Gasteiger partial charge in [0.15, 0.2) is 5.69 Å². The normalized spacial score (nSPS) is 11.7. The lowest BCUT2D eigenvalue weighted by atomic mass is 10.1. The Morgan fingerprint density at radius 3 is 2.37 bits per heavy atom. The number of nitrogens with one attached hydrogen (secondary N) is 2. The molecule has 2 N–H and O–H groups in total. The van der Waals surface area contributed by atoms with E-state index in [1.165, 1.54) is 13.1 Å². The molecule has 138 valence electrons. The fourth-order valence-corrected chi connectivity index (χ4v) is 3.05. The third-order valence-corrected chi connectivity index (χ3v) is 4.60. The van der Waals surface area contributed by atoms with E-state index in [0.29, 0.717) is 16.3 Å². The monoisotopic (exact) mass is 384 g/mol. The summed E-state index contributed by atoms with van der Waals surface area (Å²) in [5.41, 5.74) is 2.38. The maximum Gasteiger partial charge on any atom is 0.287 e. The molecule has 0 aliphatic heterocycles. The second-order valence-corrected chi connectivity index (χ2v) is 7.20. The van der Waals surface area contributed by atoms with E-state index in [0.717, 1.165) is 10.1 Å². The van der Waals surface area contributed by atoms with Gasteiger partial charge >= 0.3 is 0 Å². The molecule has 0 radical (unpaired) electrons. The summed E-state index contributed by atoms with van der Waals surface area (Å²) in [4.78, 5) is 26.5. The molecular formula is C18H16N4O4S. The highest BCUT2D eigenvalue weighted by atomic mass is 32.2. The third kappa shape index (κ3) is 4.27. The van der Waals surface area contributed by atoms with Crippen molar-refractivity contribution in [1.29, 1.82) is 0 Å². The van der Waals surface area contributed by atoms with Gasteiger partial charge in [-0.3, -0.25) is 15.0 Å². The second-order valence-electron chi connectivity index (χ2n) is 5.64. The van der Waals surface area contributed by atoms with Crippen LogP contribution in [0.3, 0.4) is 0 Å². The van der Waals surface area contributed by atoms with Gasteiger partial charge in [0, 0.05) is 17.8 Å². The van der Waals surface area contributed by atoms with Crippen molar-refractivity contribution in [3.63, 3.8) is 0 Å².